The van der Waals surface area contributed by atoms with E-state index in [1.54, 1.807) is 14.2 Å². The van der Waals surface area contributed by atoms with Gasteiger partial charge in [-0.3, -0.25) is 4.79 Å². The van der Waals surface area contributed by atoms with Crippen molar-refractivity contribution in [2.45, 2.75) is 25.4 Å². The van der Waals surface area contributed by atoms with Crippen LogP contribution in [-0.2, 0) is 19.4 Å². The average Bonchev–Trinajstić information content (AvgIpc) is 3.65. The maximum atomic E-state index is 13.5. The summed E-state index contributed by atoms with van der Waals surface area (Å²) in [6, 6.07) is 32.9. The van der Waals surface area contributed by atoms with E-state index in [2.05, 4.69) is 38.2 Å². The number of nitrogens with zero attached hydrogens (tertiary/aromatic N) is 3. The van der Waals surface area contributed by atoms with Crippen LogP contribution in [0.5, 0.6) is 11.5 Å². The molecule has 0 saturated carbocycles. The molecule has 8 heteroatoms. The van der Waals surface area contributed by atoms with E-state index in [4.69, 9.17) is 14.6 Å². The van der Waals surface area contributed by atoms with Crippen LogP contribution in [-0.4, -0.2) is 39.9 Å². The molecule has 43 heavy (non-hydrogen) atoms. The molecule has 4 aromatic carbocycles. The van der Waals surface area contributed by atoms with E-state index in [1.807, 2.05) is 91.1 Å². The third-order valence-electron chi connectivity index (χ3n) is 7.64. The van der Waals surface area contributed by atoms with Gasteiger partial charge in [-0.2, -0.15) is 0 Å². The molecule has 0 spiro atoms. The summed E-state index contributed by atoms with van der Waals surface area (Å²) in [6.45, 7) is 0.448. The standard InChI is InChI=1S/C35H33N5O3/c1-42-28-18-17-26(32(21-28)43-2)23-40-33(19-24-11-5-3-6-12-24)38-39-34(40)31(37-35(41)25-13-7-4-8-14-25)20-27-22-36-30-16-10-9-15-29(27)30/h3-18,21-22,31,36H,19-20,23H2,1-2H3,(H,37,41)/t31-/m1/s1. The van der Waals surface area contributed by atoms with Gasteiger partial charge in [-0.25, -0.2) is 0 Å². The molecule has 2 N–H and O–H groups in total. The molecular formula is C35H33N5O3. The lowest BCUT2D eigenvalue weighted by atomic mass is 10.0. The molecule has 0 fully saturated rings. The lowest BCUT2D eigenvalue weighted by molar-refractivity contribution is 0.0934. The van der Waals surface area contributed by atoms with Crippen molar-refractivity contribution in [2.24, 2.45) is 0 Å². The summed E-state index contributed by atoms with van der Waals surface area (Å²) >= 11 is 0. The van der Waals surface area contributed by atoms with Crippen LogP contribution >= 0.6 is 0 Å². The number of fused-ring (bicyclic) bond motifs is 1. The van der Waals surface area contributed by atoms with E-state index in [1.165, 1.54) is 0 Å². The minimum absolute atomic E-state index is 0.174. The molecule has 2 aromatic heterocycles. The van der Waals surface area contributed by atoms with E-state index < -0.39 is 6.04 Å². The second-order valence-corrected chi connectivity index (χ2v) is 10.4. The van der Waals surface area contributed by atoms with Gasteiger partial charge in [0.05, 0.1) is 26.8 Å². The molecule has 0 bridgehead atoms. The highest BCUT2D eigenvalue weighted by Gasteiger charge is 2.26. The summed E-state index contributed by atoms with van der Waals surface area (Å²) in [5, 5.41) is 13.8. The number of methoxy groups -OCH3 is 2. The normalized spacial score (nSPS) is 11.8. The zero-order valence-corrected chi connectivity index (χ0v) is 24.2. The summed E-state index contributed by atoms with van der Waals surface area (Å²) in [5.41, 5.74) is 4.76. The SMILES string of the molecule is COc1ccc(Cn2c(Cc3ccccc3)nnc2[C@@H](Cc2c[nH]c3ccccc23)NC(=O)c2ccccc2)c(OC)c1. The van der Waals surface area contributed by atoms with Crippen molar-refractivity contribution in [3.8, 4) is 11.5 Å². The van der Waals surface area contributed by atoms with Crippen molar-refractivity contribution >= 4 is 16.8 Å². The number of ether oxygens (including phenoxy) is 2. The first kappa shape index (κ1) is 27.8. The minimum Gasteiger partial charge on any atom is -0.497 e. The van der Waals surface area contributed by atoms with Gasteiger partial charge in [0.25, 0.3) is 5.91 Å². The zero-order valence-electron chi connectivity index (χ0n) is 24.2. The van der Waals surface area contributed by atoms with Crippen molar-refractivity contribution in [3.63, 3.8) is 0 Å². The maximum absolute atomic E-state index is 13.5. The summed E-state index contributed by atoms with van der Waals surface area (Å²) in [5.74, 6) is 2.69. The molecule has 2 heterocycles. The number of para-hydroxylation sites is 1. The van der Waals surface area contributed by atoms with Crippen LogP contribution in [0.15, 0.2) is 109 Å². The van der Waals surface area contributed by atoms with Crippen molar-refractivity contribution in [1.82, 2.24) is 25.1 Å². The van der Waals surface area contributed by atoms with Gasteiger partial charge in [-0.05, 0) is 41.5 Å². The number of aromatic nitrogens is 4. The monoisotopic (exact) mass is 571 g/mol. The second-order valence-electron chi connectivity index (χ2n) is 10.4. The predicted molar refractivity (Wildman–Crippen MR) is 167 cm³/mol. The number of aromatic amines is 1. The fourth-order valence-electron chi connectivity index (χ4n) is 5.40. The molecule has 216 valence electrons. The molecule has 0 radical (unpaired) electrons. The average molecular weight is 572 g/mol. The Morgan fingerprint density at radius 1 is 0.860 bits per heavy atom. The van der Waals surface area contributed by atoms with Crippen molar-refractivity contribution in [2.75, 3.05) is 14.2 Å². The van der Waals surface area contributed by atoms with Gasteiger partial charge in [0, 0.05) is 47.1 Å². The number of hydrogen-bond donors (Lipinski definition) is 2. The van der Waals surface area contributed by atoms with Crippen LogP contribution in [0.25, 0.3) is 10.9 Å². The Morgan fingerprint density at radius 3 is 2.37 bits per heavy atom. The molecule has 6 rings (SSSR count). The van der Waals surface area contributed by atoms with E-state index in [0.29, 0.717) is 42.3 Å². The van der Waals surface area contributed by atoms with Crippen LogP contribution in [0.3, 0.4) is 0 Å². The maximum Gasteiger partial charge on any atom is 0.251 e. The topological polar surface area (TPSA) is 94.1 Å². The highest BCUT2D eigenvalue weighted by atomic mass is 16.5. The highest BCUT2D eigenvalue weighted by molar-refractivity contribution is 5.94. The van der Waals surface area contributed by atoms with Crippen molar-refractivity contribution in [3.05, 3.63) is 143 Å². The molecule has 6 aromatic rings. The summed E-state index contributed by atoms with van der Waals surface area (Å²) in [4.78, 5) is 16.9. The number of benzene rings is 4. The fourth-order valence-corrected chi connectivity index (χ4v) is 5.40. The molecule has 0 unspecified atom stereocenters. The summed E-state index contributed by atoms with van der Waals surface area (Å²) in [7, 11) is 3.28. The summed E-state index contributed by atoms with van der Waals surface area (Å²) < 4.78 is 13.3. The van der Waals surface area contributed by atoms with Gasteiger partial charge in [-0.15, -0.1) is 10.2 Å². The first-order valence-electron chi connectivity index (χ1n) is 14.2. The number of rotatable bonds is 11. The number of amides is 1. The molecule has 0 aliphatic carbocycles. The van der Waals surface area contributed by atoms with Gasteiger partial charge >= 0.3 is 0 Å². The van der Waals surface area contributed by atoms with Gasteiger partial charge in [0.1, 0.15) is 17.3 Å². The Labute approximate surface area is 250 Å². The second kappa shape index (κ2) is 12.7. The third kappa shape index (κ3) is 6.13. The van der Waals surface area contributed by atoms with Gasteiger partial charge in [0.2, 0.25) is 0 Å². The van der Waals surface area contributed by atoms with E-state index in [-0.39, 0.29) is 5.91 Å². The Hall–Kier alpha value is -5.37. The molecule has 0 aliphatic rings. The van der Waals surface area contributed by atoms with Crippen LogP contribution in [0.2, 0.25) is 0 Å². The Bertz CT molecular complexity index is 1830. The van der Waals surface area contributed by atoms with E-state index >= 15 is 0 Å². The Morgan fingerprint density at radius 2 is 1.60 bits per heavy atom. The number of H-pyrrole nitrogens is 1. The molecule has 1 amide bonds. The molecule has 8 nitrogen and oxygen atoms in total. The van der Waals surface area contributed by atoms with Gasteiger partial charge in [-0.1, -0.05) is 66.7 Å². The smallest absolute Gasteiger partial charge is 0.251 e. The quantitative estimate of drug-likeness (QED) is 0.195. The number of hydrogen-bond acceptors (Lipinski definition) is 5. The summed E-state index contributed by atoms with van der Waals surface area (Å²) in [6.07, 6.45) is 3.11. The first-order valence-corrected chi connectivity index (χ1v) is 14.2. The third-order valence-corrected chi connectivity index (χ3v) is 7.64. The minimum atomic E-state index is -0.465. The van der Waals surface area contributed by atoms with Gasteiger partial charge < -0.3 is 24.3 Å². The largest absolute Gasteiger partial charge is 0.497 e. The predicted octanol–water partition coefficient (Wildman–Crippen LogP) is 6.13. The van der Waals surface area contributed by atoms with Crippen molar-refractivity contribution in [1.29, 1.82) is 0 Å². The van der Waals surface area contributed by atoms with Crippen LogP contribution in [0.1, 0.15) is 44.7 Å². The van der Waals surface area contributed by atoms with Gasteiger partial charge in [0.15, 0.2) is 5.82 Å². The molecule has 0 saturated heterocycles. The lowest BCUT2D eigenvalue weighted by Gasteiger charge is -2.21. The van der Waals surface area contributed by atoms with Crippen molar-refractivity contribution < 1.29 is 14.3 Å². The van der Waals surface area contributed by atoms with E-state index in [9.17, 15) is 4.79 Å². The van der Waals surface area contributed by atoms with E-state index in [0.717, 1.165) is 33.4 Å². The number of nitrogens with one attached hydrogen (secondary N) is 2. The molecular weight excluding hydrogens is 538 g/mol. The zero-order chi connectivity index (χ0) is 29.6. The van der Waals surface area contributed by atoms with Crippen LogP contribution in [0.4, 0.5) is 0 Å². The Balaban J connectivity index is 1.44. The Kier molecular flexibility index (Phi) is 8.17. The highest BCUT2D eigenvalue weighted by Crippen LogP contribution is 2.29. The lowest BCUT2D eigenvalue weighted by Crippen LogP contribution is -2.32. The molecule has 0 aliphatic heterocycles. The fraction of sp³-hybridized carbons (Fsp3) is 0.171. The van der Waals surface area contributed by atoms with Crippen LogP contribution < -0.4 is 14.8 Å². The van der Waals surface area contributed by atoms with Crippen LogP contribution in [0, 0.1) is 0 Å². The number of carbonyl (C=O) groups is 1. The first-order chi connectivity index (χ1) is 21.1. The molecule has 1 atom stereocenters. The number of carbonyl (C=O) groups excluding carboxylic acids is 1.